The first-order chi connectivity index (χ1) is 8.56. The van der Waals surface area contributed by atoms with Gasteiger partial charge in [0, 0.05) is 23.8 Å². The lowest BCUT2D eigenvalue weighted by Crippen LogP contribution is -2.41. The molecule has 0 aromatic rings. The maximum Gasteiger partial charge on any atom is 0.253 e. The fourth-order valence-electron chi connectivity index (χ4n) is 2.11. The zero-order valence-electron chi connectivity index (χ0n) is 10.7. The molecule has 0 aromatic carbocycles. The molecule has 0 N–H and O–H groups in total. The van der Waals surface area contributed by atoms with Crippen LogP contribution in [0, 0.1) is 11.3 Å². The third-order valence-electron chi connectivity index (χ3n) is 2.97. The number of hydrogen-bond donors (Lipinski definition) is 0. The van der Waals surface area contributed by atoms with E-state index in [0.29, 0.717) is 5.57 Å². The van der Waals surface area contributed by atoms with Crippen molar-refractivity contribution >= 4 is 11.8 Å². The van der Waals surface area contributed by atoms with Crippen molar-refractivity contribution in [3.05, 3.63) is 24.3 Å². The smallest absolute Gasteiger partial charge is 0.253 e. The number of carbonyl (C=O) groups is 2. The average molecular weight is 246 g/mol. The van der Waals surface area contributed by atoms with Gasteiger partial charge in [0.05, 0.1) is 6.07 Å². The Morgan fingerprint density at radius 3 is 2.11 bits per heavy atom. The molecule has 0 bridgehead atoms. The van der Waals surface area contributed by atoms with Crippen molar-refractivity contribution in [3.63, 3.8) is 0 Å². The summed E-state index contributed by atoms with van der Waals surface area (Å²) in [6, 6.07) is 2.00. The average Bonchev–Trinajstić information content (AvgIpc) is 2.71. The summed E-state index contributed by atoms with van der Waals surface area (Å²) < 4.78 is 0. The third-order valence-corrected chi connectivity index (χ3v) is 2.97. The molecule has 0 spiro atoms. The van der Waals surface area contributed by atoms with Crippen LogP contribution in [0.4, 0.5) is 0 Å². The van der Waals surface area contributed by atoms with Crippen LogP contribution in [0.5, 0.6) is 0 Å². The predicted octanol–water partition coefficient (Wildman–Crippen LogP) is 2.33. The fraction of sp³-hybridized carbons (Fsp3) is 0.500. The highest BCUT2D eigenvalue weighted by Gasteiger charge is 2.31. The van der Waals surface area contributed by atoms with Gasteiger partial charge in [0.1, 0.15) is 0 Å². The first-order valence-electron chi connectivity index (χ1n) is 6.17. The fourth-order valence-corrected chi connectivity index (χ4v) is 2.11. The number of hydrogen-bond acceptors (Lipinski definition) is 3. The Balaban J connectivity index is 0.000000280. The molecule has 2 aliphatic rings. The molecule has 18 heavy (non-hydrogen) atoms. The minimum absolute atomic E-state index is 0.128. The molecule has 1 aliphatic carbocycles. The van der Waals surface area contributed by atoms with E-state index in [4.69, 9.17) is 5.26 Å². The molecule has 0 saturated heterocycles. The van der Waals surface area contributed by atoms with Gasteiger partial charge in [-0.25, -0.2) is 0 Å². The summed E-state index contributed by atoms with van der Waals surface area (Å²) in [4.78, 5) is 24.0. The van der Waals surface area contributed by atoms with Crippen LogP contribution >= 0.6 is 0 Å². The van der Waals surface area contributed by atoms with Crippen molar-refractivity contribution in [2.24, 2.45) is 0 Å². The molecule has 0 unspecified atom stereocenters. The second-order valence-corrected chi connectivity index (χ2v) is 4.56. The Bertz CT molecular complexity index is 394. The standard InChI is InChI=1S/C10H13NO2.C4H5N/c12-9-6-7-10(13)11(9)8-4-2-1-3-5-8;1-4(2)3-5/h6-8H,1-5H2;1H2,2H3. The molecule has 2 rings (SSSR count). The van der Waals surface area contributed by atoms with E-state index in [1.165, 1.54) is 23.5 Å². The first kappa shape index (κ1) is 14.2. The highest BCUT2D eigenvalue weighted by molar-refractivity contribution is 6.13. The summed E-state index contributed by atoms with van der Waals surface area (Å²) >= 11 is 0. The van der Waals surface area contributed by atoms with Crippen molar-refractivity contribution in [1.29, 1.82) is 5.26 Å². The van der Waals surface area contributed by atoms with E-state index in [1.54, 1.807) is 6.92 Å². The number of rotatable bonds is 1. The van der Waals surface area contributed by atoms with Gasteiger partial charge in [-0.15, -0.1) is 0 Å². The molecule has 4 nitrogen and oxygen atoms in total. The molecule has 1 saturated carbocycles. The highest BCUT2D eigenvalue weighted by atomic mass is 16.2. The topological polar surface area (TPSA) is 61.2 Å². The quantitative estimate of drug-likeness (QED) is 0.527. The lowest BCUT2D eigenvalue weighted by atomic mass is 9.94. The zero-order chi connectivity index (χ0) is 13.5. The number of allylic oxidation sites excluding steroid dienone is 1. The van der Waals surface area contributed by atoms with Crippen LogP contribution in [0.3, 0.4) is 0 Å². The van der Waals surface area contributed by atoms with Gasteiger partial charge in [-0.3, -0.25) is 14.5 Å². The summed E-state index contributed by atoms with van der Waals surface area (Å²) in [5, 5.41) is 7.79. The van der Waals surface area contributed by atoms with Crippen LogP contribution in [0.25, 0.3) is 0 Å². The third kappa shape index (κ3) is 3.85. The summed E-state index contributed by atoms with van der Waals surface area (Å²) in [7, 11) is 0. The van der Waals surface area contributed by atoms with Gasteiger partial charge in [0.2, 0.25) is 0 Å². The lowest BCUT2D eigenvalue weighted by Gasteiger charge is -2.29. The summed E-state index contributed by atoms with van der Waals surface area (Å²) in [5.74, 6) is -0.256. The maximum absolute atomic E-state index is 11.3. The van der Waals surface area contributed by atoms with E-state index in [9.17, 15) is 9.59 Å². The van der Waals surface area contributed by atoms with Crippen molar-refractivity contribution in [3.8, 4) is 6.07 Å². The molecule has 96 valence electrons. The molecule has 0 atom stereocenters. The number of nitrogens with zero attached hydrogens (tertiary/aromatic N) is 2. The number of imide groups is 1. The van der Waals surface area contributed by atoms with E-state index in [2.05, 4.69) is 6.58 Å². The molecular weight excluding hydrogens is 228 g/mol. The van der Waals surface area contributed by atoms with Crippen LogP contribution in [-0.2, 0) is 9.59 Å². The minimum atomic E-state index is -0.128. The minimum Gasteiger partial charge on any atom is -0.272 e. The van der Waals surface area contributed by atoms with Gasteiger partial charge >= 0.3 is 0 Å². The second kappa shape index (κ2) is 6.75. The molecular formula is C14H18N2O2. The summed E-state index contributed by atoms with van der Waals surface area (Å²) in [5.41, 5.74) is 0.560. The van der Waals surface area contributed by atoms with Gasteiger partial charge in [-0.05, 0) is 19.8 Å². The van der Waals surface area contributed by atoms with Crippen molar-refractivity contribution in [2.75, 3.05) is 0 Å². The maximum atomic E-state index is 11.3. The Morgan fingerprint density at radius 1 is 1.28 bits per heavy atom. The van der Waals surface area contributed by atoms with Crippen LogP contribution in [-0.4, -0.2) is 22.8 Å². The van der Waals surface area contributed by atoms with Crippen LogP contribution in [0.2, 0.25) is 0 Å². The van der Waals surface area contributed by atoms with Gasteiger partial charge < -0.3 is 0 Å². The Morgan fingerprint density at radius 2 is 1.72 bits per heavy atom. The molecule has 1 aliphatic heterocycles. The van der Waals surface area contributed by atoms with Crippen LogP contribution in [0.1, 0.15) is 39.0 Å². The van der Waals surface area contributed by atoms with E-state index in [-0.39, 0.29) is 17.9 Å². The molecule has 4 heteroatoms. The van der Waals surface area contributed by atoms with E-state index in [1.807, 2.05) is 6.07 Å². The number of carbonyl (C=O) groups excluding carboxylic acids is 2. The van der Waals surface area contributed by atoms with Crippen molar-refractivity contribution in [2.45, 2.75) is 45.1 Å². The SMILES string of the molecule is C=C(C)C#N.O=C1C=CC(=O)N1C1CCCCC1. The molecule has 1 heterocycles. The van der Waals surface area contributed by atoms with Crippen molar-refractivity contribution in [1.82, 2.24) is 4.90 Å². The molecule has 0 aromatic heterocycles. The number of amides is 2. The molecule has 2 amide bonds. The van der Waals surface area contributed by atoms with Gasteiger partial charge in [-0.2, -0.15) is 5.26 Å². The molecule has 0 radical (unpaired) electrons. The number of nitriles is 1. The molecule has 1 fully saturated rings. The summed E-state index contributed by atoms with van der Waals surface area (Å²) in [6.07, 6.45) is 8.23. The van der Waals surface area contributed by atoms with Gasteiger partial charge in [-0.1, -0.05) is 25.8 Å². The van der Waals surface area contributed by atoms with Crippen LogP contribution < -0.4 is 0 Å². The Hall–Kier alpha value is -1.89. The predicted molar refractivity (Wildman–Crippen MR) is 68.3 cm³/mol. The normalized spacial score (nSPS) is 19.2. The zero-order valence-corrected chi connectivity index (χ0v) is 10.7. The van der Waals surface area contributed by atoms with Crippen molar-refractivity contribution < 1.29 is 9.59 Å². The largest absolute Gasteiger partial charge is 0.272 e. The Kier molecular flexibility index (Phi) is 5.31. The van der Waals surface area contributed by atoms with Gasteiger partial charge in [0.15, 0.2) is 0 Å². The van der Waals surface area contributed by atoms with E-state index < -0.39 is 0 Å². The monoisotopic (exact) mass is 246 g/mol. The van der Waals surface area contributed by atoms with Gasteiger partial charge in [0.25, 0.3) is 11.8 Å². The highest BCUT2D eigenvalue weighted by Crippen LogP contribution is 2.24. The van der Waals surface area contributed by atoms with Crippen LogP contribution in [0.15, 0.2) is 24.3 Å². The first-order valence-corrected chi connectivity index (χ1v) is 6.17. The summed E-state index contributed by atoms with van der Waals surface area (Å²) in [6.45, 7) is 4.98. The Labute approximate surface area is 108 Å². The van der Waals surface area contributed by atoms with E-state index >= 15 is 0 Å². The second-order valence-electron chi connectivity index (χ2n) is 4.56. The van der Waals surface area contributed by atoms with E-state index in [0.717, 1.165) is 25.7 Å². The lowest BCUT2D eigenvalue weighted by molar-refractivity contribution is -0.140.